The van der Waals surface area contributed by atoms with Crippen molar-refractivity contribution in [2.45, 2.75) is 90.9 Å². The number of alkyl halides is 3. The Hall–Kier alpha value is -1.62. The van der Waals surface area contributed by atoms with Crippen LogP contribution in [0.3, 0.4) is 0 Å². The molecule has 2 saturated heterocycles. The van der Waals surface area contributed by atoms with Crippen molar-refractivity contribution in [1.82, 2.24) is 0 Å². The van der Waals surface area contributed by atoms with E-state index in [1.54, 1.807) is 33.8 Å². The zero-order valence-corrected chi connectivity index (χ0v) is 24.9. The van der Waals surface area contributed by atoms with Crippen molar-refractivity contribution in [1.29, 1.82) is 0 Å². The lowest BCUT2D eigenvalue weighted by Gasteiger charge is -2.32. The van der Waals surface area contributed by atoms with Crippen LogP contribution in [0.15, 0.2) is 24.3 Å². The first-order valence-corrected chi connectivity index (χ1v) is 13.0. The molecule has 6 nitrogen and oxygen atoms in total. The lowest BCUT2D eigenvalue weighted by atomic mass is 9.75. The summed E-state index contributed by atoms with van der Waals surface area (Å²) in [6, 6.07) is 4.67. The molecule has 0 atom stereocenters. The average Bonchev–Trinajstić information content (AvgIpc) is 3.05. The largest absolute Gasteiger partial charge is 0.508 e. The maximum atomic E-state index is 12.7. The molecule has 0 aliphatic carbocycles. The van der Waals surface area contributed by atoms with Gasteiger partial charge in [0, 0.05) is 21.0 Å². The predicted molar refractivity (Wildman–Crippen MR) is 147 cm³/mol. The molecule has 0 bridgehead atoms. The number of phenolic OH excluding ortho intramolecular Hbond substituents is 2. The Labute approximate surface area is 238 Å². The van der Waals surface area contributed by atoms with Gasteiger partial charge < -0.3 is 28.8 Å². The smallest absolute Gasteiger partial charge is 0.500 e. The fourth-order valence-electron chi connectivity index (χ4n) is 3.97. The van der Waals surface area contributed by atoms with Crippen LogP contribution >= 0.6 is 23.2 Å². The highest BCUT2D eigenvalue weighted by Crippen LogP contribution is 2.40. The maximum absolute atomic E-state index is 12.7. The SMILES string of the molecule is CC1(C)OB(c2c(O)cc(C(F)(F)F)cc2Cl)OC1(C)C.Cc1cc(Cl)cc(O)c1B1OC(C)(C)C(C)(C)O1. The number of halogens is 5. The second kappa shape index (κ2) is 10.3. The summed E-state index contributed by atoms with van der Waals surface area (Å²) in [4.78, 5) is 0. The summed E-state index contributed by atoms with van der Waals surface area (Å²) in [7, 11) is -1.59. The molecule has 2 aliphatic heterocycles. The van der Waals surface area contributed by atoms with Crippen LogP contribution in [0.25, 0.3) is 0 Å². The van der Waals surface area contributed by atoms with Gasteiger partial charge in [-0.1, -0.05) is 23.2 Å². The Morgan fingerprint density at radius 2 is 1.05 bits per heavy atom. The molecule has 0 amide bonds. The van der Waals surface area contributed by atoms with E-state index in [2.05, 4.69) is 0 Å². The molecule has 0 aromatic heterocycles. The van der Waals surface area contributed by atoms with E-state index in [9.17, 15) is 23.4 Å². The van der Waals surface area contributed by atoms with Gasteiger partial charge in [-0.2, -0.15) is 13.2 Å². The van der Waals surface area contributed by atoms with E-state index in [1.165, 1.54) is 6.07 Å². The molecule has 2 aromatic rings. The average molecular weight is 591 g/mol. The third kappa shape index (κ3) is 6.34. The van der Waals surface area contributed by atoms with Gasteiger partial charge in [-0.3, -0.25) is 0 Å². The molecule has 0 saturated carbocycles. The van der Waals surface area contributed by atoms with Gasteiger partial charge in [-0.05, 0) is 92.1 Å². The predicted octanol–water partition coefficient (Wildman–Crippen LogP) is 6.02. The van der Waals surface area contributed by atoms with Gasteiger partial charge in [0.15, 0.2) is 0 Å². The van der Waals surface area contributed by atoms with Crippen molar-refractivity contribution in [2.24, 2.45) is 0 Å². The Bertz CT molecular complexity index is 1170. The lowest BCUT2D eigenvalue weighted by Crippen LogP contribution is -2.41. The summed E-state index contributed by atoms with van der Waals surface area (Å²) < 4.78 is 61.2. The van der Waals surface area contributed by atoms with Crippen molar-refractivity contribution < 1.29 is 42.0 Å². The second-order valence-corrected chi connectivity index (χ2v) is 12.6. The van der Waals surface area contributed by atoms with Gasteiger partial charge in [-0.25, -0.2) is 0 Å². The van der Waals surface area contributed by atoms with E-state index in [0.717, 1.165) is 11.6 Å². The Morgan fingerprint density at radius 1 is 0.667 bits per heavy atom. The van der Waals surface area contributed by atoms with Crippen LogP contribution in [0.1, 0.15) is 66.5 Å². The third-order valence-electron chi connectivity index (χ3n) is 7.74. The van der Waals surface area contributed by atoms with Crippen LogP contribution in [0.2, 0.25) is 10.0 Å². The third-order valence-corrected chi connectivity index (χ3v) is 8.27. The molecular weight excluding hydrogens is 558 g/mol. The van der Waals surface area contributed by atoms with Gasteiger partial charge >= 0.3 is 20.4 Å². The van der Waals surface area contributed by atoms with Crippen molar-refractivity contribution in [2.75, 3.05) is 0 Å². The van der Waals surface area contributed by atoms with Crippen LogP contribution < -0.4 is 10.9 Å². The highest BCUT2D eigenvalue weighted by Gasteiger charge is 2.54. The van der Waals surface area contributed by atoms with E-state index in [1.807, 2.05) is 34.6 Å². The standard InChI is InChI=1S/C13H15BClF3O3.C13H18BClO3/c1-11(2)12(3,4)21-14(20-11)10-8(15)5-7(6-9(10)19)13(16,17)18;1-8-6-9(15)7-10(16)11(8)14-17-12(2,3)13(4,5)18-14/h5-6,19H,1-4H3;6-7,16H,1-5H3. The van der Waals surface area contributed by atoms with Crippen molar-refractivity contribution in [3.8, 4) is 11.5 Å². The minimum atomic E-state index is -4.59. The number of hydrogen-bond acceptors (Lipinski definition) is 6. The Kier molecular flexibility index (Phi) is 8.45. The number of aryl methyl sites for hydroxylation is 1. The fraction of sp³-hybridized carbons (Fsp3) is 0.538. The zero-order valence-electron chi connectivity index (χ0n) is 23.4. The summed E-state index contributed by atoms with van der Waals surface area (Å²) in [5.74, 6) is -0.494. The molecule has 0 radical (unpaired) electrons. The Balaban J connectivity index is 0.000000218. The minimum Gasteiger partial charge on any atom is -0.508 e. The van der Waals surface area contributed by atoms with Gasteiger partial charge in [-0.15, -0.1) is 0 Å². The molecule has 2 aliphatic rings. The number of hydrogen-bond donors (Lipinski definition) is 2. The normalized spacial score (nSPS) is 21.1. The van der Waals surface area contributed by atoms with Gasteiger partial charge in [0.05, 0.1) is 28.0 Å². The van der Waals surface area contributed by atoms with Crippen LogP contribution in [-0.2, 0) is 24.8 Å². The quantitative estimate of drug-likeness (QED) is 0.417. The molecule has 0 unspecified atom stereocenters. The Morgan fingerprint density at radius 3 is 1.41 bits per heavy atom. The van der Waals surface area contributed by atoms with Crippen molar-refractivity contribution >= 4 is 48.4 Å². The summed E-state index contributed by atoms with van der Waals surface area (Å²) >= 11 is 11.8. The number of aromatic hydroxyl groups is 2. The topological polar surface area (TPSA) is 77.4 Å². The van der Waals surface area contributed by atoms with Gasteiger partial charge in [0.2, 0.25) is 0 Å². The first kappa shape index (κ1) is 31.9. The molecule has 2 aromatic carbocycles. The summed E-state index contributed by atoms with van der Waals surface area (Å²) in [5, 5.41) is 20.2. The highest BCUT2D eigenvalue weighted by molar-refractivity contribution is 6.66. The molecule has 0 spiro atoms. The monoisotopic (exact) mass is 590 g/mol. The summed E-state index contributed by atoms with van der Waals surface area (Å²) in [6.07, 6.45) is -4.59. The molecule has 4 rings (SSSR count). The van der Waals surface area contributed by atoms with E-state index in [0.29, 0.717) is 16.6 Å². The van der Waals surface area contributed by atoms with Crippen LogP contribution in [0.4, 0.5) is 13.2 Å². The first-order chi connectivity index (χ1) is 17.5. The van der Waals surface area contributed by atoms with Crippen LogP contribution in [-0.4, -0.2) is 46.9 Å². The molecule has 2 fully saturated rings. The van der Waals surface area contributed by atoms with Crippen molar-refractivity contribution in [3.63, 3.8) is 0 Å². The number of phenols is 2. The van der Waals surface area contributed by atoms with E-state index in [-0.39, 0.29) is 16.2 Å². The van der Waals surface area contributed by atoms with Gasteiger partial charge in [0.1, 0.15) is 11.5 Å². The number of rotatable bonds is 2. The van der Waals surface area contributed by atoms with Crippen LogP contribution in [0, 0.1) is 6.92 Å². The summed E-state index contributed by atoms with van der Waals surface area (Å²) in [5.41, 5.74) is -1.72. The van der Waals surface area contributed by atoms with E-state index in [4.69, 9.17) is 41.8 Å². The lowest BCUT2D eigenvalue weighted by molar-refractivity contribution is -0.137. The molecule has 13 heteroatoms. The molecule has 2 N–H and O–H groups in total. The van der Waals surface area contributed by atoms with E-state index >= 15 is 0 Å². The zero-order chi connectivity index (χ0) is 29.9. The van der Waals surface area contributed by atoms with E-state index < -0.39 is 54.1 Å². The van der Waals surface area contributed by atoms with Crippen molar-refractivity contribution in [3.05, 3.63) is 45.4 Å². The number of benzene rings is 2. The van der Waals surface area contributed by atoms with Gasteiger partial charge in [0.25, 0.3) is 0 Å². The molecule has 2 heterocycles. The summed E-state index contributed by atoms with van der Waals surface area (Å²) in [6.45, 7) is 17.0. The molecular formula is C26H33B2Cl2F3O6. The first-order valence-electron chi connectivity index (χ1n) is 12.3. The van der Waals surface area contributed by atoms with Crippen LogP contribution in [0.5, 0.6) is 11.5 Å². The molecule has 214 valence electrons. The fourth-order valence-corrected chi connectivity index (χ4v) is 4.54. The highest BCUT2D eigenvalue weighted by atomic mass is 35.5. The minimum absolute atomic E-state index is 0.00307. The molecule has 39 heavy (non-hydrogen) atoms. The maximum Gasteiger partial charge on any atom is 0.500 e. The second-order valence-electron chi connectivity index (χ2n) is 11.7.